The van der Waals surface area contributed by atoms with Crippen LogP contribution in [-0.4, -0.2) is 87.3 Å². The molecule has 3 amide bonds. The summed E-state index contributed by atoms with van der Waals surface area (Å²) in [6, 6.07) is 8.77. The zero-order valence-corrected chi connectivity index (χ0v) is 21.4. The number of hydrogen-bond donors (Lipinski definition) is 0. The molecule has 2 heterocycles. The monoisotopic (exact) mass is 530 g/mol. The molecule has 0 spiro atoms. The predicted octanol–water partition coefficient (Wildman–Crippen LogP) is 1.30. The third kappa shape index (κ3) is 5.15. The number of nitrogens with zero attached hydrogens (tertiary/aromatic N) is 2. The lowest BCUT2D eigenvalue weighted by atomic mass is 10.1. The van der Waals surface area contributed by atoms with Crippen LogP contribution in [0.15, 0.2) is 36.4 Å². The maximum absolute atomic E-state index is 12.8. The average molecular weight is 531 g/mol. The number of sulfone groups is 1. The Bertz CT molecular complexity index is 1350. The maximum atomic E-state index is 12.8. The Labute approximate surface area is 213 Å². The normalized spacial score (nSPS) is 17.9. The molecule has 11 nitrogen and oxygen atoms in total. The lowest BCUT2D eigenvalue weighted by Crippen LogP contribution is -2.40. The van der Waals surface area contributed by atoms with Gasteiger partial charge in [0.1, 0.15) is 0 Å². The first-order valence-electron chi connectivity index (χ1n) is 11.4. The number of ether oxygens (including phenoxy) is 3. The summed E-state index contributed by atoms with van der Waals surface area (Å²) in [4.78, 5) is 53.3. The highest BCUT2D eigenvalue weighted by Gasteiger charge is 2.36. The van der Waals surface area contributed by atoms with Crippen molar-refractivity contribution in [2.45, 2.75) is 19.0 Å². The molecule has 2 aromatic carbocycles. The number of fused-ring (bicyclic) bond motifs is 1. The average Bonchev–Trinajstić information content (AvgIpc) is 3.37. The molecule has 12 heteroatoms. The quantitative estimate of drug-likeness (QED) is 0.365. The van der Waals surface area contributed by atoms with Crippen LogP contribution in [0.4, 0.5) is 0 Å². The van der Waals surface area contributed by atoms with Crippen molar-refractivity contribution in [1.82, 2.24) is 9.80 Å². The zero-order valence-electron chi connectivity index (χ0n) is 20.6. The number of benzene rings is 2. The number of imide groups is 1. The van der Waals surface area contributed by atoms with Crippen LogP contribution in [0.25, 0.3) is 0 Å². The second-order valence-electron chi connectivity index (χ2n) is 8.75. The minimum Gasteiger partial charge on any atom is -0.493 e. The van der Waals surface area contributed by atoms with Crippen molar-refractivity contribution in [3.8, 4) is 11.5 Å². The Balaban J connectivity index is 1.51. The van der Waals surface area contributed by atoms with Crippen molar-refractivity contribution in [2.24, 2.45) is 0 Å². The van der Waals surface area contributed by atoms with Crippen LogP contribution in [0.5, 0.6) is 11.5 Å². The molecule has 2 aliphatic heterocycles. The van der Waals surface area contributed by atoms with Crippen molar-refractivity contribution < 1.29 is 41.8 Å². The number of hydrogen-bond acceptors (Lipinski definition) is 9. The van der Waals surface area contributed by atoms with Gasteiger partial charge in [-0.1, -0.05) is 12.1 Å². The third-order valence-corrected chi connectivity index (χ3v) is 8.22. The Morgan fingerprint density at radius 1 is 1.05 bits per heavy atom. The standard InChI is InChI=1S/C25H26N2O9S/c1-26(17-8-9-37(32,33)14-17)21(28)13-36-25(31)15-10-16(22(35-3)20(11-15)34-2)12-27-23(29)18-6-4-5-7-19(18)24(27)30/h4-7,10-11,17H,8-9,12-14H2,1-3H3/t17-/m1/s1. The minimum atomic E-state index is -3.18. The molecule has 37 heavy (non-hydrogen) atoms. The van der Waals surface area contributed by atoms with E-state index in [1.165, 1.54) is 38.3 Å². The molecule has 196 valence electrons. The molecule has 1 atom stereocenters. The van der Waals surface area contributed by atoms with Gasteiger partial charge in [-0.25, -0.2) is 13.2 Å². The van der Waals surface area contributed by atoms with Gasteiger partial charge in [-0.3, -0.25) is 19.3 Å². The van der Waals surface area contributed by atoms with E-state index in [2.05, 4.69) is 0 Å². The molecule has 4 rings (SSSR count). The first kappa shape index (κ1) is 26.1. The molecule has 2 aromatic rings. The number of esters is 1. The van der Waals surface area contributed by atoms with E-state index < -0.39 is 46.2 Å². The summed E-state index contributed by atoms with van der Waals surface area (Å²) in [6.45, 7) is -0.779. The summed E-state index contributed by atoms with van der Waals surface area (Å²) in [5, 5.41) is 0. The van der Waals surface area contributed by atoms with Gasteiger partial charge in [-0.2, -0.15) is 0 Å². The van der Waals surface area contributed by atoms with Crippen molar-refractivity contribution in [2.75, 3.05) is 39.4 Å². The molecule has 0 bridgehead atoms. The van der Waals surface area contributed by atoms with Crippen LogP contribution in [0.2, 0.25) is 0 Å². The summed E-state index contributed by atoms with van der Waals surface area (Å²) in [5.41, 5.74) is 0.907. The fourth-order valence-electron chi connectivity index (χ4n) is 4.43. The molecular weight excluding hydrogens is 504 g/mol. The van der Waals surface area contributed by atoms with Gasteiger partial charge in [0.05, 0.1) is 49.0 Å². The van der Waals surface area contributed by atoms with Crippen molar-refractivity contribution in [3.05, 3.63) is 58.7 Å². The number of likely N-dealkylation sites (N-methyl/N-ethyl adjacent to an activating group) is 1. The van der Waals surface area contributed by atoms with Crippen LogP contribution in [0.3, 0.4) is 0 Å². The smallest absolute Gasteiger partial charge is 0.338 e. The number of amides is 3. The summed E-state index contributed by atoms with van der Waals surface area (Å²) < 4.78 is 39.4. The van der Waals surface area contributed by atoms with Gasteiger partial charge in [0.2, 0.25) is 0 Å². The van der Waals surface area contributed by atoms with E-state index in [4.69, 9.17) is 14.2 Å². The minimum absolute atomic E-state index is 0.0105. The van der Waals surface area contributed by atoms with Gasteiger partial charge in [-0.15, -0.1) is 0 Å². The zero-order chi connectivity index (χ0) is 26.9. The van der Waals surface area contributed by atoms with Gasteiger partial charge in [0, 0.05) is 18.7 Å². The summed E-state index contributed by atoms with van der Waals surface area (Å²) in [5.74, 6) is -2.05. The molecular formula is C25H26N2O9S. The predicted molar refractivity (Wildman–Crippen MR) is 130 cm³/mol. The molecule has 0 unspecified atom stereocenters. The maximum Gasteiger partial charge on any atom is 0.338 e. The molecule has 2 aliphatic rings. The number of rotatable bonds is 8. The van der Waals surface area contributed by atoms with Crippen LogP contribution in [-0.2, 0) is 25.9 Å². The van der Waals surface area contributed by atoms with Crippen molar-refractivity contribution in [1.29, 1.82) is 0 Å². The SMILES string of the molecule is COc1cc(C(=O)OCC(=O)N(C)[C@@H]2CCS(=O)(=O)C2)cc(CN2C(=O)c3ccccc3C2=O)c1OC. The Kier molecular flexibility index (Phi) is 7.21. The van der Waals surface area contributed by atoms with E-state index in [0.717, 1.165) is 4.90 Å². The highest BCUT2D eigenvalue weighted by atomic mass is 32.2. The third-order valence-electron chi connectivity index (χ3n) is 6.47. The topological polar surface area (TPSA) is 137 Å². The van der Waals surface area contributed by atoms with Gasteiger partial charge < -0.3 is 19.1 Å². The largest absolute Gasteiger partial charge is 0.493 e. The van der Waals surface area contributed by atoms with Gasteiger partial charge in [0.15, 0.2) is 27.9 Å². The first-order valence-corrected chi connectivity index (χ1v) is 13.2. The van der Waals surface area contributed by atoms with Gasteiger partial charge >= 0.3 is 5.97 Å². The number of methoxy groups -OCH3 is 2. The van der Waals surface area contributed by atoms with Crippen LogP contribution in [0.1, 0.15) is 43.1 Å². The molecule has 1 fully saturated rings. The van der Waals surface area contributed by atoms with Crippen LogP contribution < -0.4 is 9.47 Å². The highest BCUT2D eigenvalue weighted by molar-refractivity contribution is 7.91. The van der Waals surface area contributed by atoms with E-state index in [1.54, 1.807) is 24.3 Å². The molecule has 0 saturated carbocycles. The molecule has 1 saturated heterocycles. The van der Waals surface area contributed by atoms with Crippen LogP contribution >= 0.6 is 0 Å². The van der Waals surface area contributed by atoms with Crippen molar-refractivity contribution >= 4 is 33.5 Å². The Hall–Kier alpha value is -3.93. The fraction of sp³-hybridized carbons (Fsp3) is 0.360. The fourth-order valence-corrected chi connectivity index (χ4v) is 6.20. The Morgan fingerprint density at radius 3 is 2.24 bits per heavy atom. The van der Waals surface area contributed by atoms with Gasteiger partial charge in [-0.05, 0) is 30.7 Å². The molecule has 0 aromatic heterocycles. The van der Waals surface area contributed by atoms with Crippen LogP contribution in [0, 0.1) is 0 Å². The van der Waals surface area contributed by atoms with E-state index in [1.807, 2.05) is 0 Å². The lowest BCUT2D eigenvalue weighted by Gasteiger charge is -2.23. The molecule has 0 radical (unpaired) electrons. The number of carbonyl (C=O) groups excluding carboxylic acids is 4. The first-order chi connectivity index (χ1) is 17.6. The van der Waals surface area contributed by atoms with Crippen molar-refractivity contribution in [3.63, 3.8) is 0 Å². The summed E-state index contributed by atoms with van der Waals surface area (Å²) in [6.07, 6.45) is 0.329. The van der Waals surface area contributed by atoms with E-state index in [0.29, 0.717) is 12.0 Å². The lowest BCUT2D eigenvalue weighted by molar-refractivity contribution is -0.134. The van der Waals surface area contributed by atoms with E-state index in [9.17, 15) is 27.6 Å². The molecule has 0 aliphatic carbocycles. The second-order valence-corrected chi connectivity index (χ2v) is 11.0. The number of carbonyl (C=O) groups is 4. The summed E-state index contributed by atoms with van der Waals surface area (Å²) >= 11 is 0. The van der Waals surface area contributed by atoms with E-state index in [-0.39, 0.29) is 46.2 Å². The summed E-state index contributed by atoms with van der Waals surface area (Å²) in [7, 11) is 1.04. The molecule has 0 N–H and O–H groups in total. The Morgan fingerprint density at radius 2 is 1.70 bits per heavy atom. The van der Waals surface area contributed by atoms with E-state index >= 15 is 0 Å². The van der Waals surface area contributed by atoms with Gasteiger partial charge in [0.25, 0.3) is 17.7 Å². The highest BCUT2D eigenvalue weighted by Crippen LogP contribution is 2.35. The second kappa shape index (κ2) is 10.2.